The second-order valence-corrected chi connectivity index (χ2v) is 4.26. The van der Waals surface area contributed by atoms with Gasteiger partial charge in [0.1, 0.15) is 11.8 Å². The molecule has 1 saturated heterocycles. The van der Waals surface area contributed by atoms with Crippen LogP contribution >= 0.6 is 0 Å². The predicted octanol–water partition coefficient (Wildman–Crippen LogP) is -1.05. The van der Waals surface area contributed by atoms with Crippen molar-refractivity contribution in [1.29, 1.82) is 0 Å². The Labute approximate surface area is 110 Å². The van der Waals surface area contributed by atoms with E-state index in [4.69, 9.17) is 0 Å². The number of pyridine rings is 1. The van der Waals surface area contributed by atoms with Crippen molar-refractivity contribution in [2.24, 2.45) is 0 Å². The molecule has 0 spiro atoms. The number of nitrogens with zero attached hydrogens (tertiary/aromatic N) is 2. The fourth-order valence-corrected chi connectivity index (χ4v) is 2.06. The van der Waals surface area contributed by atoms with Crippen molar-refractivity contribution in [3.8, 4) is 5.75 Å². The van der Waals surface area contributed by atoms with Gasteiger partial charge in [-0.1, -0.05) is 0 Å². The monoisotopic (exact) mass is 264 g/mol. The van der Waals surface area contributed by atoms with Crippen LogP contribution in [-0.2, 0) is 4.79 Å². The van der Waals surface area contributed by atoms with Gasteiger partial charge >= 0.3 is 0 Å². The van der Waals surface area contributed by atoms with E-state index in [-0.39, 0.29) is 23.1 Å². The van der Waals surface area contributed by atoms with Crippen LogP contribution in [0, 0.1) is 0 Å². The van der Waals surface area contributed by atoms with Crippen molar-refractivity contribution >= 4 is 11.8 Å². The van der Waals surface area contributed by atoms with Crippen LogP contribution in [0.5, 0.6) is 5.75 Å². The maximum absolute atomic E-state index is 12.3. The summed E-state index contributed by atoms with van der Waals surface area (Å²) in [6, 6.07) is 0.798. The number of likely N-dealkylation sites (N-methyl/N-ethyl adjacent to an activating group) is 1. The Balaban J connectivity index is 2.22. The van der Waals surface area contributed by atoms with Crippen molar-refractivity contribution in [3.63, 3.8) is 0 Å². The van der Waals surface area contributed by atoms with E-state index in [0.29, 0.717) is 19.6 Å². The Morgan fingerprint density at radius 1 is 1.53 bits per heavy atom. The van der Waals surface area contributed by atoms with E-state index in [1.807, 2.05) is 0 Å². The number of aromatic hydroxyl groups is 1. The number of carbonyl (C=O) groups is 2. The van der Waals surface area contributed by atoms with Crippen LogP contribution in [0.2, 0.25) is 0 Å². The summed E-state index contributed by atoms with van der Waals surface area (Å²) in [6.07, 6.45) is 2.63. The molecule has 102 valence electrons. The quantitative estimate of drug-likeness (QED) is 0.633. The van der Waals surface area contributed by atoms with E-state index >= 15 is 0 Å². The molecule has 1 aliphatic heterocycles. The maximum atomic E-state index is 12.3. The topological polar surface area (TPSA) is 94.6 Å². The molecule has 1 unspecified atom stereocenters. The molecule has 3 N–H and O–H groups in total. The molecule has 0 aromatic carbocycles. The van der Waals surface area contributed by atoms with E-state index in [9.17, 15) is 14.7 Å². The molecule has 0 aliphatic carbocycles. The molecule has 1 aromatic heterocycles. The highest BCUT2D eigenvalue weighted by atomic mass is 16.3. The lowest BCUT2D eigenvalue weighted by Gasteiger charge is -2.34. The first-order valence-corrected chi connectivity index (χ1v) is 6.01. The van der Waals surface area contributed by atoms with Crippen LogP contribution in [0.3, 0.4) is 0 Å². The Morgan fingerprint density at radius 2 is 2.32 bits per heavy atom. The predicted molar refractivity (Wildman–Crippen MR) is 67.7 cm³/mol. The summed E-state index contributed by atoms with van der Waals surface area (Å²) in [5.74, 6) is -0.593. The first kappa shape index (κ1) is 13.3. The maximum Gasteiger partial charge on any atom is 0.256 e. The summed E-state index contributed by atoms with van der Waals surface area (Å²) < 4.78 is 0. The number of rotatable bonds is 2. The normalized spacial score (nSPS) is 19.0. The largest absolute Gasteiger partial charge is 0.506 e. The molecular formula is C12H16N4O3. The van der Waals surface area contributed by atoms with Crippen molar-refractivity contribution in [2.75, 3.05) is 26.7 Å². The minimum Gasteiger partial charge on any atom is -0.506 e. The third-order valence-electron chi connectivity index (χ3n) is 3.02. The van der Waals surface area contributed by atoms with E-state index < -0.39 is 6.04 Å². The molecule has 19 heavy (non-hydrogen) atoms. The van der Waals surface area contributed by atoms with Crippen molar-refractivity contribution in [1.82, 2.24) is 20.5 Å². The minimum absolute atomic E-state index is 0.0718. The van der Waals surface area contributed by atoms with Crippen LogP contribution in [0.25, 0.3) is 0 Å². The molecule has 1 aromatic rings. The summed E-state index contributed by atoms with van der Waals surface area (Å²) in [6.45, 7) is 1.48. The summed E-state index contributed by atoms with van der Waals surface area (Å²) in [4.78, 5) is 29.4. The van der Waals surface area contributed by atoms with E-state index in [0.717, 1.165) is 0 Å². The highest BCUT2D eigenvalue weighted by Gasteiger charge is 2.32. The van der Waals surface area contributed by atoms with E-state index in [1.54, 1.807) is 0 Å². The standard InChI is InChI=1S/C12H16N4O3/c1-13-11(18)10-7-14-2-3-16(10)12(19)8-4-9(17)6-15-5-8/h4-6,10,14,17H,2-3,7H2,1H3,(H,13,18). The van der Waals surface area contributed by atoms with Gasteiger partial charge < -0.3 is 20.6 Å². The number of carbonyl (C=O) groups excluding carboxylic acids is 2. The van der Waals surface area contributed by atoms with Crippen LogP contribution < -0.4 is 10.6 Å². The lowest BCUT2D eigenvalue weighted by Crippen LogP contribution is -2.59. The zero-order chi connectivity index (χ0) is 13.8. The first-order chi connectivity index (χ1) is 9.13. The van der Waals surface area contributed by atoms with Gasteiger partial charge in [0.05, 0.1) is 11.8 Å². The van der Waals surface area contributed by atoms with Crippen LogP contribution in [0.15, 0.2) is 18.5 Å². The molecule has 2 rings (SSSR count). The third kappa shape index (κ3) is 2.82. The number of aromatic nitrogens is 1. The Hall–Kier alpha value is -2.15. The number of hydrogen-bond donors (Lipinski definition) is 3. The minimum atomic E-state index is -0.548. The van der Waals surface area contributed by atoms with Gasteiger partial charge in [-0.3, -0.25) is 14.6 Å². The van der Waals surface area contributed by atoms with Crippen LogP contribution in [0.4, 0.5) is 0 Å². The van der Waals surface area contributed by atoms with Crippen molar-refractivity contribution < 1.29 is 14.7 Å². The van der Waals surface area contributed by atoms with Gasteiger partial charge in [0.25, 0.3) is 5.91 Å². The molecule has 0 radical (unpaired) electrons. The summed E-state index contributed by atoms with van der Waals surface area (Å²) in [5.41, 5.74) is 0.274. The average Bonchev–Trinajstić information content (AvgIpc) is 2.45. The molecule has 7 heteroatoms. The molecular weight excluding hydrogens is 248 g/mol. The summed E-state index contributed by atoms with van der Waals surface area (Å²) in [7, 11) is 1.54. The molecule has 7 nitrogen and oxygen atoms in total. The Bertz CT molecular complexity index is 492. The van der Waals surface area contributed by atoms with Crippen molar-refractivity contribution in [3.05, 3.63) is 24.0 Å². The highest BCUT2D eigenvalue weighted by molar-refractivity contribution is 5.97. The zero-order valence-corrected chi connectivity index (χ0v) is 10.6. The van der Waals surface area contributed by atoms with Gasteiger partial charge in [-0.25, -0.2) is 0 Å². The lowest BCUT2D eigenvalue weighted by atomic mass is 10.1. The fourth-order valence-electron chi connectivity index (χ4n) is 2.06. The first-order valence-electron chi connectivity index (χ1n) is 6.01. The molecule has 0 bridgehead atoms. The molecule has 2 heterocycles. The van der Waals surface area contributed by atoms with Gasteiger partial charge in [-0.05, 0) is 6.07 Å². The second-order valence-electron chi connectivity index (χ2n) is 4.26. The van der Waals surface area contributed by atoms with Gasteiger partial charge in [-0.15, -0.1) is 0 Å². The summed E-state index contributed by atoms with van der Waals surface area (Å²) in [5, 5.41) is 15.0. The lowest BCUT2D eigenvalue weighted by molar-refractivity contribution is -0.125. The van der Waals surface area contributed by atoms with Gasteiger partial charge in [0.15, 0.2) is 0 Å². The average molecular weight is 264 g/mol. The van der Waals surface area contributed by atoms with Gasteiger partial charge in [0, 0.05) is 32.9 Å². The molecule has 1 atom stereocenters. The van der Waals surface area contributed by atoms with Gasteiger partial charge in [0.2, 0.25) is 5.91 Å². The number of hydrogen-bond acceptors (Lipinski definition) is 5. The molecule has 0 saturated carbocycles. The number of amides is 2. The smallest absolute Gasteiger partial charge is 0.256 e. The SMILES string of the molecule is CNC(=O)C1CNCCN1C(=O)c1cncc(O)c1. The van der Waals surface area contributed by atoms with E-state index in [2.05, 4.69) is 15.6 Å². The number of nitrogens with one attached hydrogen (secondary N) is 2. The molecule has 2 amide bonds. The van der Waals surface area contributed by atoms with Gasteiger partial charge in [-0.2, -0.15) is 0 Å². The Kier molecular flexibility index (Phi) is 3.96. The number of piperazine rings is 1. The third-order valence-corrected chi connectivity index (χ3v) is 3.02. The van der Waals surface area contributed by atoms with Crippen LogP contribution in [0.1, 0.15) is 10.4 Å². The zero-order valence-electron chi connectivity index (χ0n) is 10.6. The second kappa shape index (κ2) is 5.66. The highest BCUT2D eigenvalue weighted by Crippen LogP contribution is 2.14. The Morgan fingerprint density at radius 3 is 3.00 bits per heavy atom. The van der Waals surface area contributed by atoms with Crippen LogP contribution in [-0.4, -0.2) is 59.5 Å². The van der Waals surface area contributed by atoms with E-state index in [1.165, 1.54) is 30.4 Å². The van der Waals surface area contributed by atoms with Crippen molar-refractivity contribution in [2.45, 2.75) is 6.04 Å². The molecule has 1 fully saturated rings. The molecule has 1 aliphatic rings. The summed E-state index contributed by atoms with van der Waals surface area (Å²) >= 11 is 0. The fraction of sp³-hybridized carbons (Fsp3) is 0.417.